The summed E-state index contributed by atoms with van der Waals surface area (Å²) in [5.41, 5.74) is 3.05. The van der Waals surface area contributed by atoms with Crippen molar-refractivity contribution in [2.75, 3.05) is 13.1 Å². The Kier molecular flexibility index (Phi) is 3.46. The van der Waals surface area contributed by atoms with E-state index in [0.29, 0.717) is 5.41 Å². The number of nitrogens with zero attached hydrogens (tertiary/aromatic N) is 2. The minimum absolute atomic E-state index is 0.291. The van der Waals surface area contributed by atoms with Crippen LogP contribution in [0.15, 0.2) is 41.1 Å². The summed E-state index contributed by atoms with van der Waals surface area (Å²) in [5.74, 6) is 0. The van der Waals surface area contributed by atoms with Gasteiger partial charge in [0.05, 0.1) is 6.20 Å². The van der Waals surface area contributed by atoms with Gasteiger partial charge in [0.1, 0.15) is 0 Å². The topological polar surface area (TPSA) is 29.9 Å². The predicted octanol–water partition coefficient (Wildman–Crippen LogP) is 2.66. The van der Waals surface area contributed by atoms with E-state index < -0.39 is 0 Å². The van der Waals surface area contributed by atoms with Crippen LogP contribution in [0.5, 0.6) is 0 Å². The Labute approximate surface area is 122 Å². The molecule has 2 heterocycles. The van der Waals surface area contributed by atoms with Crippen molar-refractivity contribution in [2.45, 2.75) is 18.3 Å². The van der Waals surface area contributed by atoms with Crippen LogP contribution >= 0.6 is 15.9 Å². The van der Waals surface area contributed by atoms with E-state index in [1.165, 1.54) is 17.5 Å². The highest BCUT2D eigenvalue weighted by Gasteiger charge is 2.38. The lowest BCUT2D eigenvalue weighted by molar-refractivity contribution is 0.258. The van der Waals surface area contributed by atoms with Crippen molar-refractivity contribution >= 4 is 15.9 Å². The van der Waals surface area contributed by atoms with E-state index in [4.69, 9.17) is 0 Å². The first kappa shape index (κ1) is 12.9. The van der Waals surface area contributed by atoms with E-state index in [2.05, 4.69) is 56.8 Å². The smallest absolute Gasteiger partial charge is 0.0521 e. The van der Waals surface area contributed by atoms with Gasteiger partial charge in [-0.3, -0.25) is 4.68 Å². The maximum absolute atomic E-state index is 4.24. The van der Waals surface area contributed by atoms with E-state index in [1.807, 2.05) is 17.9 Å². The maximum Gasteiger partial charge on any atom is 0.0521 e. The Morgan fingerprint density at radius 2 is 2.26 bits per heavy atom. The summed E-state index contributed by atoms with van der Waals surface area (Å²) in [6.45, 7) is 2.15. The van der Waals surface area contributed by atoms with Crippen molar-refractivity contribution < 1.29 is 0 Å². The number of rotatable bonds is 4. The Morgan fingerprint density at radius 3 is 2.84 bits per heavy atom. The molecule has 1 aromatic carbocycles. The molecule has 1 saturated heterocycles. The zero-order chi connectivity index (χ0) is 13.3. The lowest BCUT2D eigenvalue weighted by Crippen LogP contribution is -2.57. The summed E-state index contributed by atoms with van der Waals surface area (Å²) in [7, 11) is 1.97. The predicted molar refractivity (Wildman–Crippen MR) is 80.2 cm³/mol. The molecule has 0 saturated carbocycles. The highest BCUT2D eigenvalue weighted by molar-refractivity contribution is 9.10. The van der Waals surface area contributed by atoms with Crippen LogP contribution < -0.4 is 5.32 Å². The molecule has 0 radical (unpaired) electrons. The van der Waals surface area contributed by atoms with Gasteiger partial charge >= 0.3 is 0 Å². The normalized spacial score (nSPS) is 17.2. The minimum Gasteiger partial charge on any atom is -0.315 e. The molecule has 0 unspecified atom stereocenters. The molecule has 3 nitrogen and oxygen atoms in total. The van der Waals surface area contributed by atoms with Gasteiger partial charge in [0.15, 0.2) is 0 Å². The summed E-state index contributed by atoms with van der Waals surface area (Å²) in [4.78, 5) is 0. The van der Waals surface area contributed by atoms with Gasteiger partial charge in [0.25, 0.3) is 0 Å². The van der Waals surface area contributed by atoms with E-state index in [0.717, 1.165) is 24.0 Å². The average Bonchev–Trinajstić information content (AvgIpc) is 2.74. The second kappa shape index (κ2) is 5.10. The number of aromatic nitrogens is 2. The lowest BCUT2D eigenvalue weighted by Gasteiger charge is -2.43. The van der Waals surface area contributed by atoms with Crippen LogP contribution in [-0.2, 0) is 18.9 Å². The standard InChI is InChI=1S/C15H18BrN3/c1-19-9-12(8-18-19)5-6-15(10-17-11-15)13-3-2-4-14(16)7-13/h2-4,7-9,17H,5-6,10-11H2,1H3. The number of halogens is 1. The first-order valence-corrected chi connectivity index (χ1v) is 7.42. The van der Waals surface area contributed by atoms with Crippen molar-refractivity contribution in [3.63, 3.8) is 0 Å². The summed E-state index contributed by atoms with van der Waals surface area (Å²) < 4.78 is 3.04. The van der Waals surface area contributed by atoms with E-state index in [-0.39, 0.29) is 0 Å². The summed E-state index contributed by atoms with van der Waals surface area (Å²) >= 11 is 3.57. The fourth-order valence-electron chi connectivity index (χ4n) is 2.75. The Balaban J connectivity index is 1.76. The molecule has 0 aliphatic carbocycles. The molecule has 3 rings (SSSR count). The summed E-state index contributed by atoms with van der Waals surface area (Å²) in [6, 6.07) is 8.72. The van der Waals surface area contributed by atoms with Gasteiger partial charge in [-0.15, -0.1) is 0 Å². The molecule has 19 heavy (non-hydrogen) atoms. The highest BCUT2D eigenvalue weighted by Crippen LogP contribution is 2.34. The molecule has 1 aliphatic rings. The third-order valence-electron chi connectivity index (χ3n) is 4.01. The Hall–Kier alpha value is -1.13. The third kappa shape index (κ3) is 2.60. The zero-order valence-electron chi connectivity index (χ0n) is 11.1. The molecule has 1 aromatic heterocycles. The summed E-state index contributed by atoms with van der Waals surface area (Å²) in [6.07, 6.45) is 6.34. The molecule has 0 spiro atoms. The van der Waals surface area contributed by atoms with Gasteiger partial charge in [0, 0.05) is 36.2 Å². The first-order chi connectivity index (χ1) is 9.18. The monoisotopic (exact) mass is 319 g/mol. The lowest BCUT2D eigenvalue weighted by atomic mass is 9.71. The molecule has 0 atom stereocenters. The van der Waals surface area contributed by atoms with Crippen LogP contribution in [0.2, 0.25) is 0 Å². The molecule has 2 aromatic rings. The van der Waals surface area contributed by atoms with Crippen molar-refractivity contribution in [1.29, 1.82) is 0 Å². The molecule has 100 valence electrons. The molecule has 1 aliphatic heterocycles. The van der Waals surface area contributed by atoms with E-state index in [1.54, 1.807) is 0 Å². The SMILES string of the molecule is Cn1cc(CCC2(c3cccc(Br)c3)CNC2)cn1. The van der Waals surface area contributed by atoms with Crippen molar-refractivity contribution in [1.82, 2.24) is 15.1 Å². The van der Waals surface area contributed by atoms with Gasteiger partial charge in [-0.25, -0.2) is 0 Å². The van der Waals surface area contributed by atoms with Crippen molar-refractivity contribution in [2.24, 2.45) is 7.05 Å². The quantitative estimate of drug-likeness (QED) is 0.939. The number of benzene rings is 1. The van der Waals surface area contributed by atoms with Gasteiger partial charge in [-0.05, 0) is 36.1 Å². The molecule has 1 fully saturated rings. The van der Waals surface area contributed by atoms with Gasteiger partial charge in [0.2, 0.25) is 0 Å². The number of aryl methyl sites for hydroxylation is 2. The van der Waals surface area contributed by atoms with Gasteiger partial charge in [-0.1, -0.05) is 28.1 Å². The van der Waals surface area contributed by atoms with Crippen LogP contribution in [0.4, 0.5) is 0 Å². The Morgan fingerprint density at radius 1 is 1.42 bits per heavy atom. The second-order valence-electron chi connectivity index (χ2n) is 5.42. The second-order valence-corrected chi connectivity index (χ2v) is 6.33. The number of hydrogen-bond donors (Lipinski definition) is 1. The van der Waals surface area contributed by atoms with E-state index in [9.17, 15) is 0 Å². The highest BCUT2D eigenvalue weighted by atomic mass is 79.9. The Bertz CT molecular complexity index is 572. The number of hydrogen-bond acceptors (Lipinski definition) is 2. The molecule has 4 heteroatoms. The minimum atomic E-state index is 0.291. The largest absolute Gasteiger partial charge is 0.315 e. The molecular formula is C15H18BrN3. The van der Waals surface area contributed by atoms with E-state index >= 15 is 0 Å². The summed E-state index contributed by atoms with van der Waals surface area (Å²) in [5, 5.41) is 7.67. The number of nitrogens with one attached hydrogen (secondary N) is 1. The van der Waals surface area contributed by atoms with Crippen LogP contribution in [0.1, 0.15) is 17.5 Å². The van der Waals surface area contributed by atoms with Gasteiger partial charge in [-0.2, -0.15) is 5.10 Å². The zero-order valence-corrected chi connectivity index (χ0v) is 12.7. The van der Waals surface area contributed by atoms with Crippen LogP contribution in [0, 0.1) is 0 Å². The van der Waals surface area contributed by atoms with Crippen molar-refractivity contribution in [3.8, 4) is 0 Å². The van der Waals surface area contributed by atoms with Gasteiger partial charge < -0.3 is 5.32 Å². The van der Waals surface area contributed by atoms with Crippen LogP contribution in [-0.4, -0.2) is 22.9 Å². The molecule has 0 bridgehead atoms. The molecule has 0 amide bonds. The fraction of sp³-hybridized carbons (Fsp3) is 0.400. The van der Waals surface area contributed by atoms with Crippen LogP contribution in [0.3, 0.4) is 0 Å². The fourth-order valence-corrected chi connectivity index (χ4v) is 3.15. The maximum atomic E-state index is 4.24. The average molecular weight is 320 g/mol. The molecular weight excluding hydrogens is 302 g/mol. The van der Waals surface area contributed by atoms with Crippen molar-refractivity contribution in [3.05, 3.63) is 52.3 Å². The molecule has 1 N–H and O–H groups in total. The third-order valence-corrected chi connectivity index (χ3v) is 4.51. The first-order valence-electron chi connectivity index (χ1n) is 6.62. The van der Waals surface area contributed by atoms with Crippen LogP contribution in [0.25, 0.3) is 0 Å².